The molecule has 0 fully saturated rings. The summed E-state index contributed by atoms with van der Waals surface area (Å²) in [4.78, 5) is 8.35. The van der Waals surface area contributed by atoms with E-state index >= 15 is 0 Å². The zero-order valence-electron chi connectivity index (χ0n) is 10.7. The van der Waals surface area contributed by atoms with Gasteiger partial charge >= 0.3 is 0 Å². The van der Waals surface area contributed by atoms with E-state index in [0.29, 0.717) is 24.4 Å². The lowest BCUT2D eigenvalue weighted by atomic mass is 10.1. The SMILES string of the molecule is CCOc1ncnc(NC(CC)CCCl)c1C. The van der Waals surface area contributed by atoms with Gasteiger partial charge in [-0.15, -0.1) is 11.6 Å². The van der Waals surface area contributed by atoms with Gasteiger partial charge in [0.05, 0.1) is 12.2 Å². The Morgan fingerprint density at radius 2 is 2.18 bits per heavy atom. The number of rotatable bonds is 7. The van der Waals surface area contributed by atoms with Crippen molar-refractivity contribution < 1.29 is 4.74 Å². The summed E-state index contributed by atoms with van der Waals surface area (Å²) in [6, 6.07) is 0.343. The zero-order valence-corrected chi connectivity index (χ0v) is 11.4. The van der Waals surface area contributed by atoms with Gasteiger partial charge in [-0.2, -0.15) is 0 Å². The third-order valence-electron chi connectivity index (χ3n) is 2.61. The fourth-order valence-corrected chi connectivity index (χ4v) is 1.83. The van der Waals surface area contributed by atoms with Crippen molar-refractivity contribution in [1.82, 2.24) is 9.97 Å². The van der Waals surface area contributed by atoms with Gasteiger partial charge in [0.2, 0.25) is 5.88 Å². The maximum Gasteiger partial charge on any atom is 0.221 e. The third-order valence-corrected chi connectivity index (χ3v) is 2.83. The Hall–Kier alpha value is -1.03. The summed E-state index contributed by atoms with van der Waals surface area (Å²) in [6.45, 7) is 6.64. The first-order valence-corrected chi connectivity index (χ1v) is 6.53. The fraction of sp³-hybridized carbons (Fsp3) is 0.667. The van der Waals surface area contributed by atoms with Crippen molar-refractivity contribution in [2.75, 3.05) is 17.8 Å². The molecule has 1 atom stereocenters. The molecule has 0 aliphatic rings. The first-order chi connectivity index (χ1) is 8.22. The number of hydrogen-bond acceptors (Lipinski definition) is 4. The van der Waals surface area contributed by atoms with E-state index in [0.717, 1.165) is 24.2 Å². The highest BCUT2D eigenvalue weighted by Gasteiger charge is 2.11. The largest absolute Gasteiger partial charge is 0.478 e. The number of ether oxygens (including phenoxy) is 1. The number of anilines is 1. The Morgan fingerprint density at radius 3 is 2.76 bits per heavy atom. The third kappa shape index (κ3) is 4.04. The molecule has 96 valence electrons. The first kappa shape index (κ1) is 14.0. The van der Waals surface area contributed by atoms with Crippen LogP contribution in [-0.4, -0.2) is 28.5 Å². The van der Waals surface area contributed by atoms with Crippen molar-refractivity contribution in [3.63, 3.8) is 0 Å². The van der Waals surface area contributed by atoms with Gasteiger partial charge in [-0.1, -0.05) is 6.92 Å². The van der Waals surface area contributed by atoms with Crippen LogP contribution in [0.3, 0.4) is 0 Å². The zero-order chi connectivity index (χ0) is 12.7. The minimum absolute atomic E-state index is 0.343. The molecular formula is C12H20ClN3O. The Balaban J connectivity index is 2.79. The monoisotopic (exact) mass is 257 g/mol. The highest BCUT2D eigenvalue weighted by molar-refractivity contribution is 6.17. The Morgan fingerprint density at radius 1 is 1.41 bits per heavy atom. The highest BCUT2D eigenvalue weighted by Crippen LogP contribution is 2.21. The van der Waals surface area contributed by atoms with Crippen LogP contribution in [0.15, 0.2) is 6.33 Å². The van der Waals surface area contributed by atoms with E-state index in [-0.39, 0.29) is 0 Å². The number of nitrogens with zero attached hydrogens (tertiary/aromatic N) is 2. The molecule has 4 nitrogen and oxygen atoms in total. The predicted octanol–water partition coefficient (Wildman–Crippen LogP) is 3.00. The molecule has 0 spiro atoms. The predicted molar refractivity (Wildman–Crippen MR) is 71.0 cm³/mol. The van der Waals surface area contributed by atoms with Crippen LogP contribution in [0.5, 0.6) is 5.88 Å². The molecule has 0 aromatic carbocycles. The molecule has 0 amide bonds. The van der Waals surface area contributed by atoms with Crippen LogP contribution in [0.1, 0.15) is 32.3 Å². The second kappa shape index (κ2) is 7.33. The van der Waals surface area contributed by atoms with E-state index < -0.39 is 0 Å². The molecule has 1 unspecified atom stereocenters. The number of halogens is 1. The molecule has 0 saturated heterocycles. The van der Waals surface area contributed by atoms with Gasteiger partial charge in [-0.3, -0.25) is 0 Å². The molecular weight excluding hydrogens is 238 g/mol. The fourth-order valence-electron chi connectivity index (χ4n) is 1.57. The summed E-state index contributed by atoms with van der Waals surface area (Å²) in [6.07, 6.45) is 3.46. The van der Waals surface area contributed by atoms with Gasteiger partial charge in [0.1, 0.15) is 12.1 Å². The Bertz CT molecular complexity index is 347. The van der Waals surface area contributed by atoms with Crippen molar-refractivity contribution in [1.29, 1.82) is 0 Å². The van der Waals surface area contributed by atoms with Crippen molar-refractivity contribution in [2.24, 2.45) is 0 Å². The summed E-state index contributed by atoms with van der Waals surface area (Å²) >= 11 is 5.76. The summed E-state index contributed by atoms with van der Waals surface area (Å²) in [5, 5.41) is 3.38. The van der Waals surface area contributed by atoms with Crippen LogP contribution < -0.4 is 10.1 Å². The minimum Gasteiger partial charge on any atom is -0.478 e. The number of hydrogen-bond donors (Lipinski definition) is 1. The maximum absolute atomic E-state index is 5.76. The molecule has 0 radical (unpaired) electrons. The van der Waals surface area contributed by atoms with Gasteiger partial charge in [0.25, 0.3) is 0 Å². The van der Waals surface area contributed by atoms with Crippen LogP contribution in [0, 0.1) is 6.92 Å². The van der Waals surface area contributed by atoms with Crippen LogP contribution in [-0.2, 0) is 0 Å². The number of nitrogens with one attached hydrogen (secondary N) is 1. The lowest BCUT2D eigenvalue weighted by Gasteiger charge is -2.18. The van der Waals surface area contributed by atoms with Gasteiger partial charge in [-0.25, -0.2) is 9.97 Å². The van der Waals surface area contributed by atoms with Crippen molar-refractivity contribution in [3.8, 4) is 5.88 Å². The van der Waals surface area contributed by atoms with Crippen molar-refractivity contribution in [3.05, 3.63) is 11.9 Å². The van der Waals surface area contributed by atoms with E-state index in [1.165, 1.54) is 6.33 Å². The smallest absolute Gasteiger partial charge is 0.221 e. The lowest BCUT2D eigenvalue weighted by molar-refractivity contribution is 0.323. The molecule has 1 rings (SSSR count). The van der Waals surface area contributed by atoms with E-state index in [2.05, 4.69) is 22.2 Å². The van der Waals surface area contributed by atoms with Crippen molar-refractivity contribution >= 4 is 17.4 Å². The summed E-state index contributed by atoms with van der Waals surface area (Å²) in [5.41, 5.74) is 0.947. The molecule has 5 heteroatoms. The number of alkyl halides is 1. The number of aromatic nitrogens is 2. The quantitative estimate of drug-likeness (QED) is 0.763. The minimum atomic E-state index is 0.343. The van der Waals surface area contributed by atoms with Crippen LogP contribution in [0.25, 0.3) is 0 Å². The van der Waals surface area contributed by atoms with E-state index in [9.17, 15) is 0 Å². The molecule has 0 saturated carbocycles. The van der Waals surface area contributed by atoms with Crippen molar-refractivity contribution in [2.45, 2.75) is 39.7 Å². The van der Waals surface area contributed by atoms with Crippen LogP contribution in [0.4, 0.5) is 5.82 Å². The first-order valence-electron chi connectivity index (χ1n) is 5.99. The van der Waals surface area contributed by atoms with E-state index in [1.807, 2.05) is 13.8 Å². The topological polar surface area (TPSA) is 47.0 Å². The van der Waals surface area contributed by atoms with Crippen LogP contribution >= 0.6 is 11.6 Å². The normalized spacial score (nSPS) is 12.2. The van der Waals surface area contributed by atoms with Gasteiger partial charge in [-0.05, 0) is 26.7 Å². The molecule has 0 bridgehead atoms. The average Bonchev–Trinajstić information content (AvgIpc) is 2.33. The van der Waals surface area contributed by atoms with E-state index in [4.69, 9.17) is 16.3 Å². The molecule has 0 aliphatic carbocycles. The lowest BCUT2D eigenvalue weighted by Crippen LogP contribution is -2.20. The second-order valence-electron chi connectivity index (χ2n) is 3.81. The maximum atomic E-state index is 5.76. The average molecular weight is 258 g/mol. The molecule has 17 heavy (non-hydrogen) atoms. The van der Waals surface area contributed by atoms with Gasteiger partial charge < -0.3 is 10.1 Å². The van der Waals surface area contributed by atoms with Gasteiger partial charge in [0, 0.05) is 11.9 Å². The summed E-state index contributed by atoms with van der Waals surface area (Å²) in [5.74, 6) is 2.12. The molecule has 1 aromatic heterocycles. The molecule has 1 heterocycles. The second-order valence-corrected chi connectivity index (χ2v) is 4.19. The Kier molecular flexibility index (Phi) is 6.05. The summed E-state index contributed by atoms with van der Waals surface area (Å²) < 4.78 is 5.44. The van der Waals surface area contributed by atoms with Crippen LogP contribution in [0.2, 0.25) is 0 Å². The standard InChI is InChI=1S/C12H20ClN3O/c1-4-10(6-7-13)16-11-9(3)12(17-5-2)15-8-14-11/h8,10H,4-7H2,1-3H3,(H,14,15,16). The van der Waals surface area contributed by atoms with E-state index in [1.54, 1.807) is 0 Å². The molecule has 1 N–H and O–H groups in total. The highest BCUT2D eigenvalue weighted by atomic mass is 35.5. The summed E-state index contributed by atoms with van der Waals surface area (Å²) in [7, 11) is 0. The molecule has 1 aromatic rings. The van der Waals surface area contributed by atoms with Gasteiger partial charge in [0.15, 0.2) is 0 Å². The molecule has 0 aliphatic heterocycles. The Labute approximate surface area is 108 Å².